The largest absolute Gasteiger partial charge is 0.399 e. The lowest BCUT2D eigenvalue weighted by molar-refractivity contribution is 1.09. The van der Waals surface area contributed by atoms with Crippen LogP contribution in [0, 0.1) is 0 Å². The average molecular weight is 225 g/mol. The van der Waals surface area contributed by atoms with Crippen molar-refractivity contribution in [1.29, 1.82) is 0 Å². The van der Waals surface area contributed by atoms with Crippen molar-refractivity contribution < 1.29 is 0 Å². The number of hydrogen-bond donors (Lipinski definition) is 2. The zero-order chi connectivity index (χ0) is 11.8. The van der Waals surface area contributed by atoms with Crippen molar-refractivity contribution in [1.82, 2.24) is 14.5 Å². The average Bonchev–Trinajstić information content (AvgIpc) is 2.75. The van der Waals surface area contributed by atoms with Gasteiger partial charge in [-0.05, 0) is 30.3 Å². The number of benzene rings is 1. The van der Waals surface area contributed by atoms with E-state index in [0.29, 0.717) is 11.3 Å². The minimum absolute atomic E-state index is 0.441. The van der Waals surface area contributed by atoms with Crippen molar-refractivity contribution >= 4 is 22.5 Å². The van der Waals surface area contributed by atoms with Gasteiger partial charge in [0.15, 0.2) is 5.82 Å². The van der Waals surface area contributed by atoms with Crippen LogP contribution in [-0.4, -0.2) is 14.5 Å². The van der Waals surface area contributed by atoms with Gasteiger partial charge in [0, 0.05) is 17.6 Å². The van der Waals surface area contributed by atoms with E-state index in [2.05, 4.69) is 9.97 Å². The van der Waals surface area contributed by atoms with E-state index in [1.165, 1.54) is 0 Å². The molecule has 0 spiro atoms. The molecular formula is C12H11N5. The molecule has 0 bridgehead atoms. The third-order valence-corrected chi connectivity index (χ3v) is 2.66. The fourth-order valence-corrected chi connectivity index (χ4v) is 1.80. The molecule has 4 N–H and O–H groups in total. The number of nitrogens with two attached hydrogens (primary N) is 2. The summed E-state index contributed by atoms with van der Waals surface area (Å²) < 4.78 is 1.95. The Balaban J connectivity index is 2.24. The first kappa shape index (κ1) is 9.65. The lowest BCUT2D eigenvalue weighted by atomic mass is 10.3. The van der Waals surface area contributed by atoms with Gasteiger partial charge in [-0.15, -0.1) is 0 Å². The summed E-state index contributed by atoms with van der Waals surface area (Å²) in [6.45, 7) is 0. The molecule has 0 aliphatic heterocycles. The van der Waals surface area contributed by atoms with E-state index in [1.807, 2.05) is 34.9 Å². The number of imidazole rings is 1. The molecule has 84 valence electrons. The first-order valence-corrected chi connectivity index (χ1v) is 5.19. The van der Waals surface area contributed by atoms with Gasteiger partial charge in [-0.1, -0.05) is 0 Å². The summed E-state index contributed by atoms with van der Waals surface area (Å²) in [5.41, 5.74) is 14.8. The second kappa shape index (κ2) is 3.48. The van der Waals surface area contributed by atoms with E-state index in [1.54, 1.807) is 12.5 Å². The molecule has 5 nitrogen and oxygen atoms in total. The zero-order valence-electron chi connectivity index (χ0n) is 9.04. The minimum atomic E-state index is 0.441. The fraction of sp³-hybridized carbons (Fsp3) is 0. The quantitative estimate of drug-likeness (QED) is 0.616. The SMILES string of the molecule is Nc1ccc(-n2cnc3c(N)nccc32)cc1. The molecule has 5 heteroatoms. The first-order chi connectivity index (χ1) is 8.25. The molecular weight excluding hydrogens is 214 g/mol. The van der Waals surface area contributed by atoms with Crippen molar-refractivity contribution in [3.8, 4) is 5.69 Å². The van der Waals surface area contributed by atoms with Crippen molar-refractivity contribution in [3.63, 3.8) is 0 Å². The van der Waals surface area contributed by atoms with Gasteiger partial charge in [0.1, 0.15) is 11.8 Å². The highest BCUT2D eigenvalue weighted by atomic mass is 15.1. The Morgan fingerprint density at radius 3 is 2.47 bits per heavy atom. The number of nitrogens with zero attached hydrogens (tertiary/aromatic N) is 3. The van der Waals surface area contributed by atoms with Crippen LogP contribution in [0.5, 0.6) is 0 Å². The van der Waals surface area contributed by atoms with Gasteiger partial charge in [-0.2, -0.15) is 0 Å². The third kappa shape index (κ3) is 1.48. The molecule has 17 heavy (non-hydrogen) atoms. The summed E-state index contributed by atoms with van der Waals surface area (Å²) in [6, 6.07) is 9.46. The van der Waals surface area contributed by atoms with Gasteiger partial charge in [0.25, 0.3) is 0 Å². The van der Waals surface area contributed by atoms with Gasteiger partial charge >= 0.3 is 0 Å². The molecule has 0 saturated carbocycles. The molecule has 0 aliphatic rings. The summed E-state index contributed by atoms with van der Waals surface area (Å²) in [5.74, 6) is 0.441. The van der Waals surface area contributed by atoms with Crippen molar-refractivity contribution in [3.05, 3.63) is 42.9 Å². The Kier molecular flexibility index (Phi) is 1.98. The van der Waals surface area contributed by atoms with Gasteiger partial charge in [-0.25, -0.2) is 9.97 Å². The Hall–Kier alpha value is -2.56. The molecule has 3 rings (SSSR count). The lowest BCUT2D eigenvalue weighted by Crippen LogP contribution is -1.94. The van der Waals surface area contributed by atoms with Crippen LogP contribution in [0.1, 0.15) is 0 Å². The number of nitrogen functional groups attached to an aromatic ring is 2. The van der Waals surface area contributed by atoms with Crippen LogP contribution in [-0.2, 0) is 0 Å². The van der Waals surface area contributed by atoms with E-state index in [9.17, 15) is 0 Å². The minimum Gasteiger partial charge on any atom is -0.399 e. The van der Waals surface area contributed by atoms with Crippen molar-refractivity contribution in [2.45, 2.75) is 0 Å². The van der Waals surface area contributed by atoms with E-state index < -0.39 is 0 Å². The molecule has 0 aliphatic carbocycles. The van der Waals surface area contributed by atoms with Gasteiger partial charge < -0.3 is 11.5 Å². The maximum Gasteiger partial charge on any atom is 0.151 e. The Morgan fingerprint density at radius 1 is 0.941 bits per heavy atom. The molecule has 0 amide bonds. The predicted molar refractivity (Wildman–Crippen MR) is 67.7 cm³/mol. The zero-order valence-corrected chi connectivity index (χ0v) is 9.04. The highest BCUT2D eigenvalue weighted by Gasteiger charge is 2.06. The lowest BCUT2D eigenvalue weighted by Gasteiger charge is -2.04. The summed E-state index contributed by atoms with van der Waals surface area (Å²) in [5, 5.41) is 0. The van der Waals surface area contributed by atoms with E-state index in [4.69, 9.17) is 11.5 Å². The molecule has 0 atom stereocenters. The van der Waals surface area contributed by atoms with Gasteiger partial charge in [-0.3, -0.25) is 4.57 Å². The highest BCUT2D eigenvalue weighted by Crippen LogP contribution is 2.21. The molecule has 0 radical (unpaired) electrons. The normalized spacial score (nSPS) is 10.8. The summed E-state index contributed by atoms with van der Waals surface area (Å²) >= 11 is 0. The van der Waals surface area contributed by atoms with E-state index in [-0.39, 0.29) is 0 Å². The highest BCUT2D eigenvalue weighted by molar-refractivity contribution is 5.85. The number of anilines is 2. The van der Waals surface area contributed by atoms with Gasteiger partial charge in [0.05, 0.1) is 5.52 Å². The van der Waals surface area contributed by atoms with Crippen LogP contribution >= 0.6 is 0 Å². The van der Waals surface area contributed by atoms with Crippen LogP contribution in [0.25, 0.3) is 16.7 Å². The number of hydrogen-bond acceptors (Lipinski definition) is 4. The van der Waals surface area contributed by atoms with Gasteiger partial charge in [0.2, 0.25) is 0 Å². The maximum absolute atomic E-state index is 5.76. The Morgan fingerprint density at radius 2 is 1.71 bits per heavy atom. The summed E-state index contributed by atoms with van der Waals surface area (Å²) in [7, 11) is 0. The third-order valence-electron chi connectivity index (χ3n) is 2.66. The Labute approximate surface area is 97.7 Å². The molecule has 0 unspecified atom stereocenters. The molecule has 2 heterocycles. The van der Waals surface area contributed by atoms with Crippen LogP contribution in [0.3, 0.4) is 0 Å². The second-order valence-electron chi connectivity index (χ2n) is 3.77. The Bertz CT molecular complexity index is 669. The number of aromatic nitrogens is 3. The number of rotatable bonds is 1. The first-order valence-electron chi connectivity index (χ1n) is 5.19. The van der Waals surface area contributed by atoms with Crippen LogP contribution in [0.2, 0.25) is 0 Å². The fourth-order valence-electron chi connectivity index (χ4n) is 1.80. The maximum atomic E-state index is 5.76. The molecule has 1 aromatic carbocycles. The topological polar surface area (TPSA) is 82.8 Å². The standard InChI is InChI=1S/C12H11N5/c13-8-1-3-9(4-2-8)17-7-16-11-10(17)5-6-15-12(11)14/h1-7H,13H2,(H2,14,15). The van der Waals surface area contributed by atoms with E-state index >= 15 is 0 Å². The molecule has 0 fully saturated rings. The monoisotopic (exact) mass is 225 g/mol. The van der Waals surface area contributed by atoms with Crippen LogP contribution in [0.15, 0.2) is 42.9 Å². The summed E-state index contributed by atoms with van der Waals surface area (Å²) in [6.07, 6.45) is 3.40. The smallest absolute Gasteiger partial charge is 0.151 e. The summed E-state index contributed by atoms with van der Waals surface area (Å²) in [4.78, 5) is 8.27. The predicted octanol–water partition coefficient (Wildman–Crippen LogP) is 1.58. The molecule has 3 aromatic rings. The van der Waals surface area contributed by atoms with Crippen molar-refractivity contribution in [2.24, 2.45) is 0 Å². The molecule has 0 saturated heterocycles. The number of pyridine rings is 1. The second-order valence-corrected chi connectivity index (χ2v) is 3.77. The van der Waals surface area contributed by atoms with Crippen LogP contribution in [0.4, 0.5) is 11.5 Å². The van der Waals surface area contributed by atoms with E-state index in [0.717, 1.165) is 16.9 Å². The van der Waals surface area contributed by atoms with Crippen molar-refractivity contribution in [2.75, 3.05) is 11.5 Å². The molecule has 2 aromatic heterocycles. The van der Waals surface area contributed by atoms with Crippen LogP contribution < -0.4 is 11.5 Å². The number of fused-ring (bicyclic) bond motifs is 1.